The standard InChI is InChI=1S/C6H12O6/c7-1-3-4(9)5(10)6(11,2-8)12-3/h3-5,7-11H,1-2H2/t3-,4?,5?,6+/m1/s1. The zero-order chi connectivity index (χ0) is 9.35. The summed E-state index contributed by atoms with van der Waals surface area (Å²) in [6, 6.07) is 0. The van der Waals surface area contributed by atoms with E-state index in [0.29, 0.717) is 0 Å². The van der Waals surface area contributed by atoms with Crippen molar-refractivity contribution in [2.24, 2.45) is 0 Å². The first-order chi connectivity index (χ1) is 5.55. The molecule has 0 spiro atoms. The maximum Gasteiger partial charge on any atom is 0.219 e. The summed E-state index contributed by atoms with van der Waals surface area (Å²) >= 11 is 0. The fraction of sp³-hybridized carbons (Fsp3) is 1.00. The van der Waals surface area contributed by atoms with Gasteiger partial charge in [0, 0.05) is 0 Å². The molecule has 1 fully saturated rings. The predicted octanol–water partition coefficient (Wildman–Crippen LogP) is -3.22. The molecule has 0 amide bonds. The molecule has 1 rings (SSSR count). The lowest BCUT2D eigenvalue weighted by atomic mass is 10.1. The summed E-state index contributed by atoms with van der Waals surface area (Å²) in [4.78, 5) is 0. The van der Waals surface area contributed by atoms with Crippen LogP contribution in [0.4, 0.5) is 0 Å². The van der Waals surface area contributed by atoms with Crippen LogP contribution in [0.5, 0.6) is 0 Å². The SMILES string of the molecule is OC[C@H]1O[C@@](O)(CO)C(O)C1O. The summed E-state index contributed by atoms with van der Waals surface area (Å²) in [6.45, 7) is -1.36. The largest absolute Gasteiger partial charge is 0.394 e. The normalized spacial score (nSPS) is 48.2. The smallest absolute Gasteiger partial charge is 0.219 e. The van der Waals surface area contributed by atoms with Crippen molar-refractivity contribution >= 4 is 0 Å². The molecule has 0 aromatic carbocycles. The number of aliphatic hydroxyl groups excluding tert-OH is 4. The first kappa shape index (κ1) is 9.85. The van der Waals surface area contributed by atoms with Crippen LogP contribution in [0.1, 0.15) is 0 Å². The van der Waals surface area contributed by atoms with Crippen molar-refractivity contribution < 1.29 is 30.3 Å². The molecule has 4 atom stereocenters. The van der Waals surface area contributed by atoms with Crippen LogP contribution < -0.4 is 0 Å². The van der Waals surface area contributed by atoms with E-state index in [4.69, 9.17) is 20.4 Å². The highest BCUT2D eigenvalue weighted by molar-refractivity contribution is 4.94. The predicted molar refractivity (Wildman–Crippen MR) is 36.0 cm³/mol. The maximum absolute atomic E-state index is 9.25. The molecule has 1 saturated heterocycles. The lowest BCUT2D eigenvalue weighted by Gasteiger charge is -2.22. The Bertz CT molecular complexity index is 162. The van der Waals surface area contributed by atoms with Gasteiger partial charge in [0.15, 0.2) is 0 Å². The van der Waals surface area contributed by atoms with Crippen molar-refractivity contribution in [2.45, 2.75) is 24.1 Å². The summed E-state index contributed by atoms with van der Waals surface area (Å²) in [5.41, 5.74) is 0. The molecule has 0 aromatic heterocycles. The highest BCUT2D eigenvalue weighted by Gasteiger charge is 2.52. The number of aliphatic hydroxyl groups is 5. The minimum atomic E-state index is -2.16. The van der Waals surface area contributed by atoms with Crippen LogP contribution in [-0.2, 0) is 4.74 Å². The third-order valence-corrected chi connectivity index (χ3v) is 1.93. The van der Waals surface area contributed by atoms with E-state index in [1.807, 2.05) is 0 Å². The molecule has 72 valence electrons. The summed E-state index contributed by atoms with van der Waals surface area (Å²) in [6.07, 6.45) is -4.04. The Labute approximate surface area is 68.6 Å². The second-order valence-electron chi connectivity index (χ2n) is 2.78. The lowest BCUT2D eigenvalue weighted by molar-refractivity contribution is -0.248. The topological polar surface area (TPSA) is 110 Å². The van der Waals surface area contributed by atoms with Crippen LogP contribution >= 0.6 is 0 Å². The number of rotatable bonds is 2. The molecule has 1 aliphatic heterocycles. The monoisotopic (exact) mass is 180 g/mol. The maximum atomic E-state index is 9.25. The third-order valence-electron chi connectivity index (χ3n) is 1.93. The van der Waals surface area contributed by atoms with Crippen LogP contribution in [0.15, 0.2) is 0 Å². The highest BCUT2D eigenvalue weighted by Crippen LogP contribution is 2.28. The third kappa shape index (κ3) is 1.33. The molecular formula is C6H12O6. The van der Waals surface area contributed by atoms with Gasteiger partial charge in [-0.3, -0.25) is 0 Å². The number of hydrogen-bond acceptors (Lipinski definition) is 6. The molecule has 6 nitrogen and oxygen atoms in total. The molecule has 0 bridgehead atoms. The van der Waals surface area contributed by atoms with Crippen molar-refractivity contribution in [3.63, 3.8) is 0 Å². The average molecular weight is 180 g/mol. The van der Waals surface area contributed by atoms with Gasteiger partial charge in [0.2, 0.25) is 5.79 Å². The van der Waals surface area contributed by atoms with Gasteiger partial charge in [0.1, 0.15) is 18.3 Å². The van der Waals surface area contributed by atoms with Gasteiger partial charge in [-0.05, 0) is 0 Å². The number of ether oxygens (including phenoxy) is 1. The van der Waals surface area contributed by atoms with E-state index < -0.39 is 37.3 Å². The molecule has 1 aliphatic rings. The van der Waals surface area contributed by atoms with E-state index in [2.05, 4.69) is 4.74 Å². The van der Waals surface area contributed by atoms with E-state index in [0.717, 1.165) is 0 Å². The summed E-state index contributed by atoms with van der Waals surface area (Å²) < 4.78 is 4.63. The van der Waals surface area contributed by atoms with Crippen LogP contribution in [0, 0.1) is 0 Å². The van der Waals surface area contributed by atoms with Crippen LogP contribution in [-0.4, -0.2) is 62.8 Å². The van der Waals surface area contributed by atoms with Crippen LogP contribution in [0.2, 0.25) is 0 Å². The molecular weight excluding hydrogens is 168 g/mol. The average Bonchev–Trinajstić information content (AvgIpc) is 2.31. The minimum Gasteiger partial charge on any atom is -0.394 e. The zero-order valence-electron chi connectivity index (χ0n) is 6.29. The van der Waals surface area contributed by atoms with Crippen molar-refractivity contribution in [1.82, 2.24) is 0 Å². The van der Waals surface area contributed by atoms with Gasteiger partial charge in [-0.1, -0.05) is 0 Å². The lowest BCUT2D eigenvalue weighted by Crippen LogP contribution is -2.46. The molecule has 12 heavy (non-hydrogen) atoms. The molecule has 1 heterocycles. The second kappa shape index (κ2) is 3.25. The first-order valence-corrected chi connectivity index (χ1v) is 3.53. The first-order valence-electron chi connectivity index (χ1n) is 3.53. The van der Waals surface area contributed by atoms with Crippen LogP contribution in [0.3, 0.4) is 0 Å². The molecule has 5 N–H and O–H groups in total. The van der Waals surface area contributed by atoms with E-state index in [-0.39, 0.29) is 0 Å². The quantitative estimate of drug-likeness (QED) is 0.306. The second-order valence-corrected chi connectivity index (χ2v) is 2.78. The Morgan fingerprint density at radius 2 is 1.83 bits per heavy atom. The van der Waals surface area contributed by atoms with E-state index in [1.165, 1.54) is 0 Å². The Hall–Kier alpha value is -0.240. The molecule has 0 aromatic rings. The van der Waals surface area contributed by atoms with Crippen molar-refractivity contribution in [2.75, 3.05) is 13.2 Å². The van der Waals surface area contributed by atoms with Crippen LogP contribution in [0.25, 0.3) is 0 Å². The van der Waals surface area contributed by atoms with Gasteiger partial charge in [0.25, 0.3) is 0 Å². The molecule has 6 heteroatoms. The fourth-order valence-electron chi connectivity index (χ4n) is 1.15. The summed E-state index contributed by atoms with van der Waals surface area (Å²) in [5.74, 6) is -2.16. The number of hydrogen-bond donors (Lipinski definition) is 5. The Kier molecular flexibility index (Phi) is 2.67. The fourth-order valence-corrected chi connectivity index (χ4v) is 1.15. The van der Waals surface area contributed by atoms with Gasteiger partial charge in [-0.25, -0.2) is 0 Å². The van der Waals surface area contributed by atoms with E-state index in [9.17, 15) is 5.11 Å². The summed E-state index contributed by atoms with van der Waals surface area (Å²) in [7, 11) is 0. The van der Waals surface area contributed by atoms with Gasteiger partial charge < -0.3 is 30.3 Å². The van der Waals surface area contributed by atoms with Crippen molar-refractivity contribution in [3.05, 3.63) is 0 Å². The van der Waals surface area contributed by atoms with Crippen molar-refractivity contribution in [3.8, 4) is 0 Å². The van der Waals surface area contributed by atoms with Gasteiger partial charge in [0.05, 0.1) is 13.2 Å². The van der Waals surface area contributed by atoms with E-state index >= 15 is 0 Å². The van der Waals surface area contributed by atoms with Gasteiger partial charge in [-0.15, -0.1) is 0 Å². The Balaban J connectivity index is 2.72. The van der Waals surface area contributed by atoms with Crippen molar-refractivity contribution in [1.29, 1.82) is 0 Å². The van der Waals surface area contributed by atoms with Gasteiger partial charge >= 0.3 is 0 Å². The highest BCUT2D eigenvalue weighted by atomic mass is 16.7. The minimum absolute atomic E-state index is 0.527. The molecule has 0 radical (unpaired) electrons. The molecule has 0 aliphatic carbocycles. The Morgan fingerprint density at radius 1 is 1.25 bits per heavy atom. The summed E-state index contributed by atoms with van der Waals surface area (Å²) in [5, 5.41) is 44.7. The Morgan fingerprint density at radius 3 is 2.08 bits per heavy atom. The zero-order valence-corrected chi connectivity index (χ0v) is 6.29. The van der Waals surface area contributed by atoms with Gasteiger partial charge in [-0.2, -0.15) is 0 Å². The molecule has 0 saturated carbocycles. The molecule has 2 unspecified atom stereocenters. The van der Waals surface area contributed by atoms with E-state index in [1.54, 1.807) is 0 Å².